The van der Waals surface area contributed by atoms with Crippen LogP contribution in [0.5, 0.6) is 0 Å². The number of halogens is 2. The van der Waals surface area contributed by atoms with E-state index in [2.05, 4.69) is 36.2 Å². The zero-order chi connectivity index (χ0) is 18.5. The van der Waals surface area contributed by atoms with E-state index in [0.717, 1.165) is 38.0 Å². The highest BCUT2D eigenvalue weighted by atomic mass is 35.5. The van der Waals surface area contributed by atoms with Crippen LogP contribution in [0.15, 0.2) is 24.3 Å². The van der Waals surface area contributed by atoms with Gasteiger partial charge in [-0.25, -0.2) is 0 Å². The molecule has 0 saturated heterocycles. The minimum Gasteiger partial charge on any atom is -0.349 e. The summed E-state index contributed by atoms with van der Waals surface area (Å²) in [5, 5.41) is 3.34. The van der Waals surface area contributed by atoms with Crippen LogP contribution in [-0.2, 0) is 6.54 Å². The number of fused-ring (bicyclic) bond motifs is 2. The maximum Gasteiger partial charge on any atom is 0.251 e. The molecule has 0 aliphatic heterocycles. The lowest BCUT2D eigenvalue weighted by molar-refractivity contribution is 0.0756. The molecule has 0 aromatic heterocycles. The largest absolute Gasteiger partial charge is 0.349 e. The number of hydrogen-bond acceptors (Lipinski definition) is 3. The summed E-state index contributed by atoms with van der Waals surface area (Å²) in [6.45, 7) is 7.54. The SMILES string of the molecule is CCCN(CC)Cc1ccc(C(=O)NC2C3CCCC2CC(N)C3)cc1.Cl.Cl. The highest BCUT2D eigenvalue weighted by molar-refractivity contribution is 5.94. The average molecular weight is 430 g/mol. The van der Waals surface area contributed by atoms with Crippen LogP contribution in [0, 0.1) is 11.8 Å². The molecule has 1 aromatic carbocycles. The van der Waals surface area contributed by atoms with Crippen LogP contribution < -0.4 is 11.1 Å². The van der Waals surface area contributed by atoms with Gasteiger partial charge in [0.15, 0.2) is 0 Å². The standard InChI is InChI=1S/C22H35N3O.2ClH/c1-3-12-25(4-2)15-16-8-10-17(11-9-16)22(26)24-21-18-6-5-7-19(21)14-20(23)13-18;;/h8-11,18-21H,3-7,12-15,23H2,1-2H3,(H,24,26);2*1H. The monoisotopic (exact) mass is 429 g/mol. The third kappa shape index (κ3) is 6.35. The Bertz CT molecular complexity index is 582. The number of hydrogen-bond donors (Lipinski definition) is 2. The third-order valence-electron chi connectivity index (χ3n) is 6.28. The molecule has 0 heterocycles. The van der Waals surface area contributed by atoms with E-state index in [1.807, 2.05) is 12.1 Å². The lowest BCUT2D eigenvalue weighted by atomic mass is 9.67. The minimum atomic E-state index is 0. The second-order valence-electron chi connectivity index (χ2n) is 8.25. The minimum absolute atomic E-state index is 0. The molecule has 1 amide bonds. The first-order valence-electron chi connectivity index (χ1n) is 10.5. The summed E-state index contributed by atoms with van der Waals surface area (Å²) in [6.07, 6.45) is 6.99. The fourth-order valence-electron chi connectivity index (χ4n) is 4.94. The van der Waals surface area contributed by atoms with E-state index >= 15 is 0 Å². The van der Waals surface area contributed by atoms with Crippen LogP contribution >= 0.6 is 24.8 Å². The number of rotatable bonds is 7. The van der Waals surface area contributed by atoms with Gasteiger partial charge >= 0.3 is 0 Å². The van der Waals surface area contributed by atoms with Gasteiger partial charge in [-0.2, -0.15) is 0 Å². The van der Waals surface area contributed by atoms with Crippen molar-refractivity contribution in [2.24, 2.45) is 17.6 Å². The van der Waals surface area contributed by atoms with Crippen molar-refractivity contribution >= 4 is 30.7 Å². The van der Waals surface area contributed by atoms with E-state index in [-0.39, 0.29) is 30.7 Å². The first kappa shape index (κ1) is 25.2. The predicted molar refractivity (Wildman–Crippen MR) is 121 cm³/mol. The highest BCUT2D eigenvalue weighted by Gasteiger charge is 2.39. The molecule has 2 aliphatic carbocycles. The molecule has 2 aliphatic rings. The predicted octanol–water partition coefficient (Wildman–Crippen LogP) is 4.40. The Hall–Kier alpha value is -0.810. The summed E-state index contributed by atoms with van der Waals surface area (Å²) in [4.78, 5) is 15.2. The molecule has 28 heavy (non-hydrogen) atoms. The molecule has 1 aromatic rings. The van der Waals surface area contributed by atoms with Crippen molar-refractivity contribution in [1.82, 2.24) is 10.2 Å². The van der Waals surface area contributed by atoms with Crippen LogP contribution in [0.4, 0.5) is 0 Å². The van der Waals surface area contributed by atoms with Gasteiger partial charge in [0.05, 0.1) is 0 Å². The van der Waals surface area contributed by atoms with Crippen molar-refractivity contribution in [3.8, 4) is 0 Å². The molecule has 2 bridgehead atoms. The van der Waals surface area contributed by atoms with Gasteiger partial charge in [0.2, 0.25) is 0 Å². The van der Waals surface area contributed by atoms with Crippen LogP contribution in [0.3, 0.4) is 0 Å². The van der Waals surface area contributed by atoms with Gasteiger partial charge in [0.1, 0.15) is 0 Å². The van der Waals surface area contributed by atoms with E-state index in [1.165, 1.54) is 31.2 Å². The molecular formula is C22H37Cl2N3O. The van der Waals surface area contributed by atoms with Gasteiger partial charge in [0, 0.05) is 24.2 Å². The molecule has 3 rings (SSSR count). The molecule has 4 nitrogen and oxygen atoms in total. The van der Waals surface area contributed by atoms with Crippen molar-refractivity contribution in [1.29, 1.82) is 0 Å². The van der Waals surface area contributed by atoms with Crippen LogP contribution in [0.1, 0.15) is 68.3 Å². The molecule has 2 fully saturated rings. The summed E-state index contributed by atoms with van der Waals surface area (Å²) < 4.78 is 0. The van der Waals surface area contributed by atoms with Crippen LogP contribution in [0.25, 0.3) is 0 Å². The fraction of sp³-hybridized carbons (Fsp3) is 0.682. The second-order valence-corrected chi connectivity index (χ2v) is 8.25. The first-order chi connectivity index (χ1) is 12.6. The van der Waals surface area contributed by atoms with Crippen molar-refractivity contribution in [3.05, 3.63) is 35.4 Å². The normalized spacial score (nSPS) is 26.1. The van der Waals surface area contributed by atoms with Gasteiger partial charge in [0.25, 0.3) is 5.91 Å². The smallest absolute Gasteiger partial charge is 0.251 e. The third-order valence-corrected chi connectivity index (χ3v) is 6.28. The topological polar surface area (TPSA) is 58.4 Å². The summed E-state index contributed by atoms with van der Waals surface area (Å²) in [5.41, 5.74) is 8.26. The van der Waals surface area contributed by atoms with Crippen LogP contribution in [0.2, 0.25) is 0 Å². The highest BCUT2D eigenvalue weighted by Crippen LogP contribution is 2.39. The van der Waals surface area contributed by atoms with Crippen molar-refractivity contribution in [3.63, 3.8) is 0 Å². The van der Waals surface area contributed by atoms with E-state index in [4.69, 9.17) is 5.73 Å². The first-order valence-corrected chi connectivity index (χ1v) is 10.5. The molecule has 2 unspecified atom stereocenters. The Balaban J connectivity index is 0.00000196. The summed E-state index contributed by atoms with van der Waals surface area (Å²) >= 11 is 0. The molecule has 0 spiro atoms. The molecule has 6 heteroatoms. The van der Waals surface area contributed by atoms with E-state index < -0.39 is 0 Å². The zero-order valence-electron chi connectivity index (χ0n) is 17.2. The Labute approximate surface area is 182 Å². The molecule has 0 radical (unpaired) electrons. The maximum absolute atomic E-state index is 12.8. The molecule has 3 N–H and O–H groups in total. The average Bonchev–Trinajstić information content (AvgIpc) is 2.62. The second kappa shape index (κ2) is 12.0. The molecular weight excluding hydrogens is 393 g/mol. The fourth-order valence-corrected chi connectivity index (χ4v) is 4.94. The lowest BCUT2D eigenvalue weighted by Gasteiger charge is -2.45. The number of carbonyl (C=O) groups excluding carboxylic acids is 1. The number of nitrogens with two attached hydrogens (primary N) is 1. The van der Waals surface area contributed by atoms with Gasteiger partial charge in [-0.15, -0.1) is 24.8 Å². The Kier molecular flexibility index (Phi) is 10.8. The zero-order valence-corrected chi connectivity index (χ0v) is 18.9. The van der Waals surface area contributed by atoms with Crippen LogP contribution in [-0.4, -0.2) is 36.0 Å². The summed E-state index contributed by atoms with van der Waals surface area (Å²) in [6, 6.07) is 8.80. The van der Waals surface area contributed by atoms with Gasteiger partial charge < -0.3 is 11.1 Å². The molecule has 2 saturated carbocycles. The van der Waals surface area contributed by atoms with Gasteiger partial charge in [-0.05, 0) is 74.7 Å². The van der Waals surface area contributed by atoms with Crippen molar-refractivity contribution in [2.45, 2.75) is 71.0 Å². The summed E-state index contributed by atoms with van der Waals surface area (Å²) in [7, 11) is 0. The molecule has 2 atom stereocenters. The Morgan fingerprint density at radius 2 is 1.71 bits per heavy atom. The number of nitrogens with one attached hydrogen (secondary N) is 1. The van der Waals surface area contributed by atoms with E-state index in [0.29, 0.717) is 23.9 Å². The molecule has 160 valence electrons. The summed E-state index contributed by atoms with van der Waals surface area (Å²) in [5.74, 6) is 1.20. The lowest BCUT2D eigenvalue weighted by Crippen LogP contribution is -2.53. The van der Waals surface area contributed by atoms with Gasteiger partial charge in [-0.1, -0.05) is 32.4 Å². The maximum atomic E-state index is 12.8. The van der Waals surface area contributed by atoms with E-state index in [9.17, 15) is 4.79 Å². The number of nitrogens with zero attached hydrogens (tertiary/aromatic N) is 1. The Morgan fingerprint density at radius 3 is 2.25 bits per heavy atom. The number of amides is 1. The van der Waals surface area contributed by atoms with Crippen molar-refractivity contribution in [2.75, 3.05) is 13.1 Å². The Morgan fingerprint density at radius 1 is 1.11 bits per heavy atom. The van der Waals surface area contributed by atoms with Gasteiger partial charge in [-0.3, -0.25) is 9.69 Å². The number of benzene rings is 1. The van der Waals surface area contributed by atoms with E-state index in [1.54, 1.807) is 0 Å². The van der Waals surface area contributed by atoms with Crippen molar-refractivity contribution < 1.29 is 4.79 Å². The quantitative estimate of drug-likeness (QED) is 0.674. The number of carbonyl (C=O) groups is 1.